The summed E-state index contributed by atoms with van der Waals surface area (Å²) in [5, 5.41) is 6.74. The van der Waals surface area contributed by atoms with Gasteiger partial charge in [0.1, 0.15) is 0 Å². The van der Waals surface area contributed by atoms with Crippen LogP contribution in [0.3, 0.4) is 0 Å². The topological polar surface area (TPSA) is 44.4 Å². The molecule has 108 valence electrons. The number of hydrogen-bond donors (Lipinski definition) is 2. The van der Waals surface area contributed by atoms with Crippen molar-refractivity contribution >= 4 is 11.6 Å². The number of nitrogens with one attached hydrogen (secondary N) is 2. The van der Waals surface area contributed by atoms with Gasteiger partial charge in [0.05, 0.1) is 6.04 Å². The monoisotopic (exact) mass is 273 g/mol. The van der Waals surface area contributed by atoms with Crippen LogP contribution in [0.15, 0.2) is 24.3 Å². The van der Waals surface area contributed by atoms with Crippen molar-refractivity contribution in [3.05, 3.63) is 29.8 Å². The molecular formula is C16H23N3O. The molecule has 0 aliphatic carbocycles. The Morgan fingerprint density at radius 2 is 2.00 bits per heavy atom. The van der Waals surface area contributed by atoms with Gasteiger partial charge in [-0.05, 0) is 38.3 Å². The molecule has 2 aliphatic rings. The lowest BCUT2D eigenvalue weighted by molar-refractivity contribution is -0.121. The summed E-state index contributed by atoms with van der Waals surface area (Å²) < 4.78 is 0. The second-order valence-electron chi connectivity index (χ2n) is 5.99. The molecule has 1 amide bonds. The zero-order valence-electron chi connectivity index (χ0n) is 12.2. The average molecular weight is 273 g/mol. The molecule has 2 N–H and O–H groups in total. The Hall–Kier alpha value is -1.39. The van der Waals surface area contributed by atoms with Crippen LogP contribution in [-0.2, 0) is 11.2 Å². The van der Waals surface area contributed by atoms with Crippen LogP contribution < -0.4 is 15.5 Å². The molecule has 1 saturated heterocycles. The number of piperazine rings is 1. The van der Waals surface area contributed by atoms with Crippen molar-refractivity contribution in [2.24, 2.45) is 0 Å². The van der Waals surface area contributed by atoms with Crippen molar-refractivity contribution < 1.29 is 4.79 Å². The molecule has 20 heavy (non-hydrogen) atoms. The third-order valence-corrected chi connectivity index (χ3v) is 4.40. The zero-order valence-corrected chi connectivity index (χ0v) is 12.2. The number of para-hydroxylation sites is 1. The highest BCUT2D eigenvalue weighted by molar-refractivity contribution is 5.99. The van der Waals surface area contributed by atoms with Gasteiger partial charge in [0.25, 0.3) is 0 Å². The summed E-state index contributed by atoms with van der Waals surface area (Å²) in [6.07, 6.45) is 2.10. The van der Waals surface area contributed by atoms with E-state index >= 15 is 0 Å². The van der Waals surface area contributed by atoms with E-state index in [4.69, 9.17) is 0 Å². The fraction of sp³-hybridized carbons (Fsp3) is 0.562. The fourth-order valence-electron chi connectivity index (χ4n) is 3.15. The molecule has 3 atom stereocenters. The molecule has 1 aromatic rings. The van der Waals surface area contributed by atoms with E-state index in [0.717, 1.165) is 25.1 Å². The quantitative estimate of drug-likeness (QED) is 0.811. The normalized spacial score (nSPS) is 29.9. The molecule has 0 aromatic heterocycles. The van der Waals surface area contributed by atoms with Crippen molar-refractivity contribution in [1.29, 1.82) is 0 Å². The SMILES string of the molecule is CC1CNC(C(=O)N2c3ccccc3CCC2C)CN1. The summed E-state index contributed by atoms with van der Waals surface area (Å²) in [4.78, 5) is 14.9. The minimum atomic E-state index is -0.111. The maximum absolute atomic E-state index is 12.9. The van der Waals surface area contributed by atoms with Crippen LogP contribution in [-0.4, -0.2) is 37.1 Å². The van der Waals surface area contributed by atoms with E-state index in [1.807, 2.05) is 11.0 Å². The molecule has 3 rings (SSSR count). The standard InChI is InChI=1S/C16H23N3O/c1-11-9-18-14(10-17-11)16(20)19-12(2)7-8-13-5-3-4-6-15(13)19/h3-6,11-12,14,17-18H,7-10H2,1-2H3. The lowest BCUT2D eigenvalue weighted by Crippen LogP contribution is -2.61. The van der Waals surface area contributed by atoms with Gasteiger partial charge in [-0.1, -0.05) is 18.2 Å². The van der Waals surface area contributed by atoms with Crippen molar-refractivity contribution in [2.45, 2.75) is 44.8 Å². The summed E-state index contributed by atoms with van der Waals surface area (Å²) in [6, 6.07) is 8.88. The van der Waals surface area contributed by atoms with Gasteiger partial charge in [-0.15, -0.1) is 0 Å². The number of fused-ring (bicyclic) bond motifs is 1. The second kappa shape index (κ2) is 5.54. The van der Waals surface area contributed by atoms with Crippen LogP contribution in [0.25, 0.3) is 0 Å². The molecule has 0 bridgehead atoms. The van der Waals surface area contributed by atoms with Gasteiger partial charge < -0.3 is 15.5 Å². The molecule has 2 heterocycles. The van der Waals surface area contributed by atoms with E-state index in [9.17, 15) is 4.79 Å². The molecule has 1 fully saturated rings. The van der Waals surface area contributed by atoms with Crippen molar-refractivity contribution in [3.63, 3.8) is 0 Å². The van der Waals surface area contributed by atoms with Crippen LogP contribution in [0.4, 0.5) is 5.69 Å². The molecule has 4 nitrogen and oxygen atoms in total. The minimum Gasteiger partial charge on any atom is -0.311 e. The first kappa shape index (κ1) is 13.6. The number of benzene rings is 1. The lowest BCUT2D eigenvalue weighted by Gasteiger charge is -2.39. The van der Waals surface area contributed by atoms with Gasteiger partial charge >= 0.3 is 0 Å². The molecule has 0 saturated carbocycles. The average Bonchev–Trinajstić information content (AvgIpc) is 2.47. The molecule has 3 unspecified atom stereocenters. The van der Waals surface area contributed by atoms with Crippen LogP contribution >= 0.6 is 0 Å². The van der Waals surface area contributed by atoms with Crippen molar-refractivity contribution in [1.82, 2.24) is 10.6 Å². The third kappa shape index (κ3) is 2.45. The number of amides is 1. The summed E-state index contributed by atoms with van der Waals surface area (Å²) in [7, 11) is 0. The van der Waals surface area contributed by atoms with E-state index in [0.29, 0.717) is 12.6 Å². The smallest absolute Gasteiger partial charge is 0.245 e. The Labute approximate surface area is 120 Å². The van der Waals surface area contributed by atoms with Crippen LogP contribution in [0, 0.1) is 0 Å². The van der Waals surface area contributed by atoms with E-state index in [1.165, 1.54) is 5.56 Å². The fourth-order valence-corrected chi connectivity index (χ4v) is 3.15. The van der Waals surface area contributed by atoms with Crippen molar-refractivity contribution in [3.8, 4) is 0 Å². The molecular weight excluding hydrogens is 250 g/mol. The van der Waals surface area contributed by atoms with Gasteiger partial charge in [-0.25, -0.2) is 0 Å². The predicted molar refractivity (Wildman–Crippen MR) is 81.0 cm³/mol. The second-order valence-corrected chi connectivity index (χ2v) is 5.99. The molecule has 1 aromatic carbocycles. The van der Waals surface area contributed by atoms with E-state index in [1.54, 1.807) is 0 Å². The molecule has 0 spiro atoms. The lowest BCUT2D eigenvalue weighted by atomic mass is 9.95. The highest BCUT2D eigenvalue weighted by Gasteiger charge is 2.33. The Bertz CT molecular complexity index is 494. The minimum absolute atomic E-state index is 0.111. The number of hydrogen-bond acceptors (Lipinski definition) is 3. The first-order valence-electron chi connectivity index (χ1n) is 7.54. The van der Waals surface area contributed by atoms with Gasteiger partial charge in [0.2, 0.25) is 5.91 Å². The number of carbonyl (C=O) groups is 1. The van der Waals surface area contributed by atoms with Gasteiger partial charge in [-0.3, -0.25) is 4.79 Å². The van der Waals surface area contributed by atoms with Gasteiger partial charge in [0, 0.05) is 30.9 Å². The zero-order chi connectivity index (χ0) is 14.1. The maximum Gasteiger partial charge on any atom is 0.245 e. The maximum atomic E-state index is 12.9. The van der Waals surface area contributed by atoms with Gasteiger partial charge in [-0.2, -0.15) is 0 Å². The Morgan fingerprint density at radius 1 is 1.20 bits per heavy atom. The molecule has 0 radical (unpaired) electrons. The van der Waals surface area contributed by atoms with E-state index < -0.39 is 0 Å². The third-order valence-electron chi connectivity index (χ3n) is 4.40. The first-order chi connectivity index (χ1) is 9.66. The summed E-state index contributed by atoms with van der Waals surface area (Å²) in [5.74, 6) is 0.198. The Morgan fingerprint density at radius 3 is 2.75 bits per heavy atom. The summed E-state index contributed by atoms with van der Waals surface area (Å²) in [6.45, 7) is 5.84. The highest BCUT2D eigenvalue weighted by Crippen LogP contribution is 2.30. The highest BCUT2D eigenvalue weighted by atomic mass is 16.2. The summed E-state index contributed by atoms with van der Waals surface area (Å²) >= 11 is 0. The largest absolute Gasteiger partial charge is 0.311 e. The number of nitrogens with zero attached hydrogens (tertiary/aromatic N) is 1. The molecule has 4 heteroatoms. The Balaban J connectivity index is 1.83. The van der Waals surface area contributed by atoms with Crippen LogP contribution in [0.1, 0.15) is 25.8 Å². The first-order valence-corrected chi connectivity index (χ1v) is 7.54. The van der Waals surface area contributed by atoms with E-state index in [-0.39, 0.29) is 18.0 Å². The number of anilines is 1. The molecule has 2 aliphatic heterocycles. The van der Waals surface area contributed by atoms with E-state index in [2.05, 4.69) is 42.7 Å². The van der Waals surface area contributed by atoms with Crippen LogP contribution in [0.2, 0.25) is 0 Å². The Kier molecular flexibility index (Phi) is 3.76. The number of rotatable bonds is 1. The van der Waals surface area contributed by atoms with Crippen LogP contribution in [0.5, 0.6) is 0 Å². The summed E-state index contributed by atoms with van der Waals surface area (Å²) in [5.41, 5.74) is 2.38. The number of carbonyl (C=O) groups excluding carboxylic acids is 1. The van der Waals surface area contributed by atoms with Crippen molar-refractivity contribution in [2.75, 3.05) is 18.0 Å². The number of aryl methyl sites for hydroxylation is 1. The van der Waals surface area contributed by atoms with Gasteiger partial charge in [0.15, 0.2) is 0 Å². The predicted octanol–water partition coefficient (Wildman–Crippen LogP) is 1.30.